The molecular weight excluding hydrogens is 388 g/mol. The Balaban J connectivity index is 1.45. The lowest BCUT2D eigenvalue weighted by atomic mass is 10.2. The summed E-state index contributed by atoms with van der Waals surface area (Å²) in [7, 11) is 0. The number of urea groups is 1. The lowest BCUT2D eigenvalue weighted by Crippen LogP contribution is -2.19. The summed E-state index contributed by atoms with van der Waals surface area (Å²) < 4.78 is 1.14. The highest BCUT2D eigenvalue weighted by Gasteiger charge is 2.10. The number of aromatic nitrogens is 1. The predicted octanol–water partition coefficient (Wildman–Crippen LogP) is 5.82. The SMILES string of the molecule is Cc1ccc2nc(-c3ccc(NC(=O)Nc4cccc([N+](=O)[O-])c4)cc3)sc2c1. The van der Waals surface area contributed by atoms with Crippen molar-refractivity contribution >= 4 is 44.6 Å². The number of nitro benzene ring substituents is 1. The zero-order chi connectivity index (χ0) is 20.4. The lowest BCUT2D eigenvalue weighted by molar-refractivity contribution is -0.384. The summed E-state index contributed by atoms with van der Waals surface area (Å²) in [5.41, 5.74) is 3.99. The number of nitro groups is 1. The average molecular weight is 404 g/mol. The molecule has 1 heterocycles. The Hall–Kier alpha value is -3.78. The zero-order valence-corrected chi connectivity index (χ0v) is 16.2. The average Bonchev–Trinajstić information content (AvgIpc) is 3.11. The molecule has 0 aliphatic rings. The maximum Gasteiger partial charge on any atom is 0.323 e. The van der Waals surface area contributed by atoms with Crippen LogP contribution >= 0.6 is 11.3 Å². The lowest BCUT2D eigenvalue weighted by Gasteiger charge is -2.08. The van der Waals surface area contributed by atoms with Gasteiger partial charge in [0.25, 0.3) is 5.69 Å². The molecule has 4 aromatic rings. The van der Waals surface area contributed by atoms with Crippen LogP contribution in [0.1, 0.15) is 5.56 Å². The van der Waals surface area contributed by atoms with E-state index in [1.54, 1.807) is 29.5 Å². The number of hydrogen-bond acceptors (Lipinski definition) is 5. The topological polar surface area (TPSA) is 97.2 Å². The van der Waals surface area contributed by atoms with Gasteiger partial charge in [-0.1, -0.05) is 12.1 Å². The molecule has 7 nitrogen and oxygen atoms in total. The number of fused-ring (bicyclic) bond motifs is 1. The van der Waals surface area contributed by atoms with Gasteiger partial charge < -0.3 is 10.6 Å². The van der Waals surface area contributed by atoms with E-state index in [9.17, 15) is 14.9 Å². The van der Waals surface area contributed by atoms with E-state index >= 15 is 0 Å². The van der Waals surface area contributed by atoms with Gasteiger partial charge in [-0.3, -0.25) is 10.1 Å². The summed E-state index contributed by atoms with van der Waals surface area (Å²) in [4.78, 5) is 27.1. The van der Waals surface area contributed by atoms with Gasteiger partial charge in [0.1, 0.15) is 5.01 Å². The second-order valence-corrected chi connectivity index (χ2v) is 7.48. The van der Waals surface area contributed by atoms with E-state index in [0.717, 1.165) is 20.8 Å². The fraction of sp³-hybridized carbons (Fsp3) is 0.0476. The van der Waals surface area contributed by atoms with E-state index in [4.69, 9.17) is 0 Å². The highest BCUT2D eigenvalue weighted by molar-refractivity contribution is 7.21. The minimum Gasteiger partial charge on any atom is -0.308 e. The van der Waals surface area contributed by atoms with E-state index in [1.807, 2.05) is 24.3 Å². The highest BCUT2D eigenvalue weighted by Crippen LogP contribution is 2.31. The van der Waals surface area contributed by atoms with Gasteiger partial charge in [0, 0.05) is 29.1 Å². The van der Waals surface area contributed by atoms with Crippen LogP contribution in [0.2, 0.25) is 0 Å². The molecule has 2 N–H and O–H groups in total. The molecule has 0 atom stereocenters. The van der Waals surface area contributed by atoms with Crippen LogP contribution in [0.4, 0.5) is 21.9 Å². The summed E-state index contributed by atoms with van der Waals surface area (Å²) in [5, 5.41) is 17.0. The van der Waals surface area contributed by atoms with Crippen LogP contribution in [0.3, 0.4) is 0 Å². The molecule has 0 aliphatic heterocycles. The fourth-order valence-corrected chi connectivity index (χ4v) is 3.91. The molecule has 2 amide bonds. The van der Waals surface area contributed by atoms with Gasteiger partial charge in [-0.25, -0.2) is 9.78 Å². The van der Waals surface area contributed by atoms with Gasteiger partial charge in [0.2, 0.25) is 0 Å². The molecular formula is C21H16N4O3S. The first-order valence-corrected chi connectivity index (χ1v) is 9.60. The molecule has 8 heteroatoms. The number of anilines is 2. The molecule has 4 rings (SSSR count). The first kappa shape index (κ1) is 18.6. The molecule has 0 saturated heterocycles. The van der Waals surface area contributed by atoms with E-state index in [2.05, 4.69) is 28.6 Å². The number of hydrogen-bond donors (Lipinski definition) is 2. The second-order valence-electron chi connectivity index (χ2n) is 6.45. The van der Waals surface area contributed by atoms with Crippen molar-refractivity contribution in [3.8, 4) is 10.6 Å². The number of carbonyl (C=O) groups is 1. The molecule has 1 aromatic heterocycles. The van der Waals surface area contributed by atoms with E-state index in [1.165, 1.54) is 23.8 Å². The Bertz CT molecular complexity index is 1220. The number of nitrogens with one attached hydrogen (secondary N) is 2. The highest BCUT2D eigenvalue weighted by atomic mass is 32.1. The maximum absolute atomic E-state index is 12.2. The second kappa shape index (κ2) is 7.69. The third kappa shape index (κ3) is 4.22. The Kier molecular flexibility index (Phi) is 4.92. The molecule has 0 spiro atoms. The number of benzene rings is 3. The van der Waals surface area contributed by atoms with Crippen molar-refractivity contribution in [3.05, 3.63) is 82.4 Å². The number of nitrogens with zero attached hydrogens (tertiary/aromatic N) is 2. The van der Waals surface area contributed by atoms with Gasteiger partial charge >= 0.3 is 6.03 Å². The van der Waals surface area contributed by atoms with Crippen molar-refractivity contribution in [2.75, 3.05) is 10.6 Å². The van der Waals surface area contributed by atoms with Crippen LogP contribution in [0, 0.1) is 17.0 Å². The summed E-state index contributed by atoms with van der Waals surface area (Å²) in [6, 6.07) is 18.8. The number of carbonyl (C=O) groups excluding carboxylic acids is 1. The van der Waals surface area contributed by atoms with Crippen LogP contribution < -0.4 is 10.6 Å². The van der Waals surface area contributed by atoms with Gasteiger partial charge in [-0.15, -0.1) is 11.3 Å². The third-order valence-corrected chi connectivity index (χ3v) is 5.32. The van der Waals surface area contributed by atoms with Gasteiger partial charge in [-0.05, 0) is 55.0 Å². The molecule has 29 heavy (non-hydrogen) atoms. The number of rotatable bonds is 4. The van der Waals surface area contributed by atoms with Crippen molar-refractivity contribution < 1.29 is 9.72 Å². The van der Waals surface area contributed by atoms with Gasteiger partial charge in [0.15, 0.2) is 0 Å². The van der Waals surface area contributed by atoms with Gasteiger partial charge in [-0.2, -0.15) is 0 Å². The predicted molar refractivity (Wildman–Crippen MR) is 116 cm³/mol. The smallest absolute Gasteiger partial charge is 0.308 e. The quantitative estimate of drug-likeness (QED) is 0.331. The van der Waals surface area contributed by atoms with E-state index in [0.29, 0.717) is 11.4 Å². The van der Waals surface area contributed by atoms with Gasteiger partial charge in [0.05, 0.1) is 15.1 Å². The van der Waals surface area contributed by atoms with Crippen LogP contribution in [0.25, 0.3) is 20.8 Å². The molecule has 0 aliphatic carbocycles. The summed E-state index contributed by atoms with van der Waals surface area (Å²) >= 11 is 1.62. The minimum atomic E-state index is -0.509. The number of non-ortho nitro benzene ring substituents is 1. The first-order chi connectivity index (χ1) is 14.0. The van der Waals surface area contributed by atoms with Crippen molar-refractivity contribution in [2.45, 2.75) is 6.92 Å². The summed E-state index contributed by atoms with van der Waals surface area (Å²) in [6.45, 7) is 2.05. The number of amides is 2. The molecule has 3 aromatic carbocycles. The molecule has 144 valence electrons. The van der Waals surface area contributed by atoms with Crippen molar-refractivity contribution in [3.63, 3.8) is 0 Å². The third-order valence-electron chi connectivity index (χ3n) is 4.25. The monoisotopic (exact) mass is 404 g/mol. The molecule has 0 saturated carbocycles. The molecule has 0 fully saturated rings. The molecule has 0 radical (unpaired) electrons. The fourth-order valence-electron chi connectivity index (χ4n) is 2.84. The standard InChI is InChI=1S/C21H16N4O3S/c1-13-5-10-18-19(11-13)29-20(24-18)14-6-8-15(9-7-14)22-21(26)23-16-3-2-4-17(12-16)25(27)28/h2-12H,1H3,(H2,22,23,26). The van der Waals surface area contributed by atoms with Crippen LogP contribution in [0.5, 0.6) is 0 Å². The van der Waals surface area contributed by atoms with E-state index < -0.39 is 11.0 Å². The molecule has 0 unspecified atom stereocenters. The summed E-state index contributed by atoms with van der Waals surface area (Å²) in [5.74, 6) is 0. The number of thiazole rings is 1. The van der Waals surface area contributed by atoms with Crippen molar-refractivity contribution in [1.29, 1.82) is 0 Å². The van der Waals surface area contributed by atoms with Crippen LogP contribution in [-0.2, 0) is 0 Å². The van der Waals surface area contributed by atoms with E-state index in [-0.39, 0.29) is 5.69 Å². The largest absolute Gasteiger partial charge is 0.323 e. The van der Waals surface area contributed by atoms with Crippen molar-refractivity contribution in [1.82, 2.24) is 4.98 Å². The summed E-state index contributed by atoms with van der Waals surface area (Å²) in [6.07, 6.45) is 0. The zero-order valence-electron chi connectivity index (χ0n) is 15.4. The first-order valence-electron chi connectivity index (χ1n) is 8.78. The molecule has 0 bridgehead atoms. The van der Waals surface area contributed by atoms with Crippen LogP contribution in [0.15, 0.2) is 66.7 Å². The van der Waals surface area contributed by atoms with Crippen molar-refractivity contribution in [2.24, 2.45) is 0 Å². The maximum atomic E-state index is 12.2. The Morgan fingerprint density at radius 2 is 1.76 bits per heavy atom. The number of aryl methyl sites for hydroxylation is 1. The Labute approximate surface area is 170 Å². The Morgan fingerprint density at radius 3 is 2.52 bits per heavy atom. The minimum absolute atomic E-state index is 0.0850. The van der Waals surface area contributed by atoms with Crippen LogP contribution in [-0.4, -0.2) is 15.9 Å². The Morgan fingerprint density at radius 1 is 1.00 bits per heavy atom. The normalized spacial score (nSPS) is 10.7.